The van der Waals surface area contributed by atoms with Gasteiger partial charge in [0.1, 0.15) is 18.1 Å². The Kier molecular flexibility index (Phi) is 5.37. The number of fused-ring (bicyclic) bond motifs is 2. The summed E-state index contributed by atoms with van der Waals surface area (Å²) in [6.45, 7) is 0.382. The lowest BCUT2D eigenvalue weighted by molar-refractivity contribution is -0.121. The van der Waals surface area contributed by atoms with Crippen LogP contribution in [0.5, 0.6) is 0 Å². The minimum absolute atomic E-state index is 0.0242. The summed E-state index contributed by atoms with van der Waals surface area (Å²) in [6.07, 6.45) is 0. The summed E-state index contributed by atoms with van der Waals surface area (Å²) in [6, 6.07) is 26.4. The second kappa shape index (κ2) is 8.48. The van der Waals surface area contributed by atoms with E-state index < -0.39 is 0 Å². The van der Waals surface area contributed by atoms with Gasteiger partial charge in [-0.2, -0.15) is 0 Å². The van der Waals surface area contributed by atoms with Crippen LogP contribution < -0.4 is 10.7 Å². The van der Waals surface area contributed by atoms with Crippen molar-refractivity contribution in [3.05, 3.63) is 105 Å². The van der Waals surface area contributed by atoms with Crippen molar-refractivity contribution in [1.82, 2.24) is 9.88 Å². The molecule has 0 aliphatic carbocycles. The van der Waals surface area contributed by atoms with Crippen molar-refractivity contribution in [1.29, 1.82) is 0 Å². The zero-order valence-electron chi connectivity index (χ0n) is 17.0. The van der Waals surface area contributed by atoms with Gasteiger partial charge in [-0.25, -0.2) is 0 Å². The van der Waals surface area contributed by atoms with Crippen molar-refractivity contribution in [2.24, 2.45) is 0 Å². The third kappa shape index (κ3) is 3.85. The van der Waals surface area contributed by atoms with Crippen molar-refractivity contribution >= 4 is 43.6 Å². The smallest absolute Gasteiger partial charge is 0.240 e. The van der Waals surface area contributed by atoms with E-state index >= 15 is 0 Å². The van der Waals surface area contributed by atoms with Crippen LogP contribution in [0.15, 0.2) is 98.6 Å². The molecule has 0 unspecified atom stereocenters. The van der Waals surface area contributed by atoms with E-state index in [4.69, 9.17) is 4.42 Å². The highest BCUT2D eigenvalue weighted by Crippen LogP contribution is 2.24. The molecule has 0 aliphatic rings. The first-order valence-electron chi connectivity index (χ1n) is 10.2. The summed E-state index contributed by atoms with van der Waals surface area (Å²) in [5, 5.41) is 4.13. The van der Waals surface area contributed by atoms with Crippen molar-refractivity contribution in [2.45, 2.75) is 13.1 Å². The van der Waals surface area contributed by atoms with E-state index in [1.165, 1.54) is 0 Å². The number of carbonyl (C=O) groups excluding carboxylic acids is 1. The van der Waals surface area contributed by atoms with Crippen LogP contribution in [-0.4, -0.2) is 10.5 Å². The molecule has 0 saturated heterocycles. The molecular weight excluding hydrogens is 468 g/mol. The highest BCUT2D eigenvalue weighted by Gasteiger charge is 2.13. The summed E-state index contributed by atoms with van der Waals surface area (Å²) >= 11 is 3.43. The number of rotatable bonds is 5. The number of amides is 1. The van der Waals surface area contributed by atoms with E-state index in [-0.39, 0.29) is 24.4 Å². The van der Waals surface area contributed by atoms with Gasteiger partial charge in [-0.05, 0) is 48.5 Å². The molecule has 3 aromatic carbocycles. The third-order valence-electron chi connectivity index (χ3n) is 5.43. The minimum Gasteiger partial charge on any atom is -0.459 e. The number of furan rings is 1. The quantitative estimate of drug-likeness (QED) is 0.334. The van der Waals surface area contributed by atoms with Crippen LogP contribution in [0.1, 0.15) is 5.76 Å². The number of halogens is 1. The van der Waals surface area contributed by atoms with Gasteiger partial charge in [-0.15, -0.1) is 0 Å². The molecule has 0 spiro atoms. The van der Waals surface area contributed by atoms with Crippen LogP contribution in [0, 0.1) is 0 Å². The molecule has 5 aromatic rings. The van der Waals surface area contributed by atoms with E-state index in [0.717, 1.165) is 26.8 Å². The van der Waals surface area contributed by atoms with Gasteiger partial charge in [0.25, 0.3) is 0 Å². The Morgan fingerprint density at radius 1 is 0.844 bits per heavy atom. The molecule has 5 rings (SSSR count). The van der Waals surface area contributed by atoms with Crippen molar-refractivity contribution < 1.29 is 9.21 Å². The van der Waals surface area contributed by atoms with Gasteiger partial charge >= 0.3 is 0 Å². The summed E-state index contributed by atoms with van der Waals surface area (Å²) in [4.78, 5) is 25.7. The predicted octanol–water partition coefficient (Wildman–Crippen LogP) is 5.49. The topological polar surface area (TPSA) is 64.2 Å². The molecule has 0 saturated carbocycles. The van der Waals surface area contributed by atoms with Crippen molar-refractivity contribution in [3.8, 4) is 11.3 Å². The van der Waals surface area contributed by atoms with E-state index in [9.17, 15) is 9.59 Å². The Bertz CT molecular complexity index is 1440. The number of aromatic nitrogens is 1. The van der Waals surface area contributed by atoms with E-state index in [1.54, 1.807) is 12.1 Å². The molecule has 1 N–H and O–H groups in total. The number of hydrogen-bond acceptors (Lipinski definition) is 3. The molecule has 0 atom stereocenters. The molecule has 158 valence electrons. The first-order chi connectivity index (χ1) is 15.6. The Labute approximate surface area is 192 Å². The molecule has 32 heavy (non-hydrogen) atoms. The highest BCUT2D eigenvalue weighted by molar-refractivity contribution is 9.10. The summed E-state index contributed by atoms with van der Waals surface area (Å²) in [7, 11) is 0. The summed E-state index contributed by atoms with van der Waals surface area (Å²) < 4.78 is 8.78. The zero-order valence-corrected chi connectivity index (χ0v) is 18.6. The summed E-state index contributed by atoms with van der Waals surface area (Å²) in [5.41, 5.74) is 2.42. The average Bonchev–Trinajstić information content (AvgIpc) is 3.30. The molecular formula is C26H19BrN2O3. The molecule has 0 bridgehead atoms. The molecule has 0 radical (unpaired) electrons. The monoisotopic (exact) mass is 486 g/mol. The third-order valence-corrected chi connectivity index (χ3v) is 5.96. The highest BCUT2D eigenvalue weighted by atomic mass is 79.9. The number of carbonyl (C=O) groups is 1. The van der Waals surface area contributed by atoms with Crippen LogP contribution in [0.4, 0.5) is 0 Å². The minimum atomic E-state index is -0.162. The number of nitrogens with one attached hydrogen (secondary N) is 1. The lowest BCUT2D eigenvalue weighted by Crippen LogP contribution is -2.28. The number of benzene rings is 3. The average molecular weight is 487 g/mol. The second-order valence-electron chi connectivity index (χ2n) is 7.50. The number of hydrogen-bond donors (Lipinski definition) is 1. The van der Waals surface area contributed by atoms with Crippen LogP contribution in [0.25, 0.3) is 33.1 Å². The number of pyridine rings is 1. The van der Waals surface area contributed by atoms with E-state index in [2.05, 4.69) is 21.2 Å². The molecule has 2 aromatic heterocycles. The Morgan fingerprint density at radius 3 is 2.12 bits per heavy atom. The maximum atomic E-state index is 12.8. The Morgan fingerprint density at radius 2 is 1.47 bits per heavy atom. The van der Waals surface area contributed by atoms with Crippen LogP contribution in [-0.2, 0) is 17.9 Å². The SMILES string of the molecule is O=C(Cn1c2ccccc2c(=O)c2ccccc21)NCc1ccc(-c2ccc(Br)cc2)o1. The predicted molar refractivity (Wildman–Crippen MR) is 129 cm³/mol. The van der Waals surface area contributed by atoms with Gasteiger partial charge < -0.3 is 14.3 Å². The van der Waals surface area contributed by atoms with Gasteiger partial charge in [0.15, 0.2) is 5.43 Å². The fraction of sp³-hybridized carbons (Fsp3) is 0.0769. The molecule has 5 nitrogen and oxygen atoms in total. The molecule has 0 aliphatic heterocycles. The summed E-state index contributed by atoms with van der Waals surface area (Å²) in [5.74, 6) is 1.26. The van der Waals surface area contributed by atoms with Gasteiger partial charge in [0, 0.05) is 20.8 Å². The van der Waals surface area contributed by atoms with E-state index in [1.807, 2.05) is 77.4 Å². The van der Waals surface area contributed by atoms with Crippen molar-refractivity contribution in [2.75, 3.05) is 0 Å². The fourth-order valence-corrected chi connectivity index (χ4v) is 4.14. The maximum Gasteiger partial charge on any atom is 0.240 e. The largest absolute Gasteiger partial charge is 0.459 e. The van der Waals surface area contributed by atoms with Gasteiger partial charge in [0.05, 0.1) is 17.6 Å². The molecule has 6 heteroatoms. The molecule has 0 fully saturated rings. The van der Waals surface area contributed by atoms with Crippen molar-refractivity contribution in [3.63, 3.8) is 0 Å². The van der Waals surface area contributed by atoms with Crippen LogP contribution in [0.2, 0.25) is 0 Å². The standard InChI is InChI=1S/C26H19BrN2O3/c27-18-11-9-17(10-12-18)24-14-13-19(32-24)15-28-25(30)16-29-22-7-3-1-5-20(22)26(31)21-6-2-4-8-23(21)29/h1-14H,15-16H2,(H,28,30). The first-order valence-corrected chi connectivity index (χ1v) is 11.0. The number of para-hydroxylation sites is 2. The Hall–Kier alpha value is -3.64. The van der Waals surface area contributed by atoms with E-state index in [0.29, 0.717) is 16.5 Å². The lowest BCUT2D eigenvalue weighted by atomic mass is 10.1. The lowest BCUT2D eigenvalue weighted by Gasteiger charge is -2.14. The normalized spacial score (nSPS) is 11.2. The number of nitrogens with zero attached hydrogens (tertiary/aromatic N) is 1. The second-order valence-corrected chi connectivity index (χ2v) is 8.41. The first kappa shape index (κ1) is 20.3. The van der Waals surface area contributed by atoms with Gasteiger partial charge in [0.2, 0.25) is 5.91 Å². The van der Waals surface area contributed by atoms with Gasteiger partial charge in [-0.1, -0.05) is 52.3 Å². The Balaban J connectivity index is 1.37. The fourth-order valence-electron chi connectivity index (χ4n) is 3.87. The van der Waals surface area contributed by atoms with Crippen LogP contribution in [0.3, 0.4) is 0 Å². The molecule has 2 heterocycles. The maximum absolute atomic E-state index is 12.8. The zero-order chi connectivity index (χ0) is 22.1. The van der Waals surface area contributed by atoms with Crippen LogP contribution >= 0.6 is 15.9 Å². The molecule has 1 amide bonds. The van der Waals surface area contributed by atoms with Gasteiger partial charge in [-0.3, -0.25) is 9.59 Å².